The van der Waals surface area contributed by atoms with Crippen LogP contribution in [0.4, 0.5) is 4.39 Å². The van der Waals surface area contributed by atoms with Crippen molar-refractivity contribution < 1.29 is 14.3 Å². The van der Waals surface area contributed by atoms with Gasteiger partial charge in [-0.25, -0.2) is 4.79 Å². The smallest absolute Gasteiger partial charge is 0.336 e. The number of halogens is 2. The third-order valence-corrected chi connectivity index (χ3v) is 3.80. The topological polar surface area (TPSA) is 37.3 Å². The minimum Gasteiger partial charge on any atom is -0.478 e. The number of aromatic carboxylic acids is 1. The van der Waals surface area contributed by atoms with E-state index in [1.165, 1.54) is 6.07 Å². The number of carboxylic acids is 1. The molecule has 0 unspecified atom stereocenters. The van der Waals surface area contributed by atoms with Gasteiger partial charge in [0.2, 0.25) is 0 Å². The molecule has 0 radical (unpaired) electrons. The molecule has 1 aromatic carbocycles. The lowest BCUT2D eigenvalue weighted by molar-refractivity contribution is 0.0699. The van der Waals surface area contributed by atoms with Crippen molar-refractivity contribution in [3.05, 3.63) is 33.4 Å². The first-order valence-corrected chi connectivity index (χ1v) is 5.32. The van der Waals surface area contributed by atoms with Crippen molar-refractivity contribution in [2.24, 2.45) is 0 Å². The van der Waals surface area contributed by atoms with E-state index in [9.17, 15) is 9.18 Å². The Labute approximate surface area is 91.1 Å². The Kier molecular flexibility index (Phi) is 2.28. The lowest BCUT2D eigenvalue weighted by Gasteiger charge is -1.96. The van der Waals surface area contributed by atoms with Crippen LogP contribution in [-0.4, -0.2) is 11.1 Å². The fourth-order valence-electron chi connectivity index (χ4n) is 1.26. The highest BCUT2D eigenvalue weighted by molar-refractivity contribution is 9.10. The van der Waals surface area contributed by atoms with E-state index in [0.29, 0.717) is 10.1 Å². The average Bonchev–Trinajstić information content (AvgIpc) is 2.43. The largest absolute Gasteiger partial charge is 0.478 e. The monoisotopic (exact) mass is 274 g/mol. The second-order valence-corrected chi connectivity index (χ2v) is 4.47. The van der Waals surface area contributed by atoms with E-state index in [4.69, 9.17) is 5.11 Å². The number of rotatable bonds is 1. The Hall–Kier alpha value is -0.940. The zero-order valence-corrected chi connectivity index (χ0v) is 9.15. The molecule has 2 nitrogen and oxygen atoms in total. The van der Waals surface area contributed by atoms with Crippen LogP contribution in [0.3, 0.4) is 0 Å². The summed E-state index contributed by atoms with van der Waals surface area (Å²) >= 11 is 3.98. The van der Waals surface area contributed by atoms with Crippen LogP contribution in [0, 0.1) is 5.13 Å². The van der Waals surface area contributed by atoms with Gasteiger partial charge in [0, 0.05) is 10.1 Å². The van der Waals surface area contributed by atoms with Crippen LogP contribution in [-0.2, 0) is 0 Å². The third kappa shape index (κ3) is 1.33. The van der Waals surface area contributed by atoms with Gasteiger partial charge in [-0.15, -0.1) is 11.3 Å². The summed E-state index contributed by atoms with van der Waals surface area (Å²) in [7, 11) is 0. The van der Waals surface area contributed by atoms with Crippen molar-refractivity contribution in [3.63, 3.8) is 0 Å². The van der Waals surface area contributed by atoms with Gasteiger partial charge >= 0.3 is 5.97 Å². The summed E-state index contributed by atoms with van der Waals surface area (Å²) in [5, 5.41) is 8.92. The maximum absolute atomic E-state index is 13.2. The maximum atomic E-state index is 13.2. The number of carbonyl (C=O) groups is 1. The van der Waals surface area contributed by atoms with E-state index in [1.807, 2.05) is 0 Å². The quantitative estimate of drug-likeness (QED) is 0.864. The summed E-state index contributed by atoms with van der Waals surface area (Å²) in [6.45, 7) is 0. The van der Waals surface area contributed by atoms with Gasteiger partial charge in [0.1, 0.15) is 0 Å². The number of benzene rings is 1. The molecule has 2 rings (SSSR count). The first kappa shape index (κ1) is 9.61. The SMILES string of the molecule is O=C(O)c1cccc2sc(F)c(Br)c12. The molecule has 2 aromatic rings. The van der Waals surface area contributed by atoms with Crippen molar-refractivity contribution in [3.8, 4) is 0 Å². The van der Waals surface area contributed by atoms with E-state index in [-0.39, 0.29) is 10.0 Å². The second kappa shape index (κ2) is 3.33. The molecule has 1 heterocycles. The Morgan fingerprint density at radius 1 is 1.50 bits per heavy atom. The van der Waals surface area contributed by atoms with Crippen LogP contribution >= 0.6 is 27.3 Å². The molecule has 72 valence electrons. The van der Waals surface area contributed by atoms with Crippen LogP contribution < -0.4 is 0 Å². The zero-order valence-electron chi connectivity index (χ0n) is 6.75. The fourth-order valence-corrected chi connectivity index (χ4v) is 2.91. The molecule has 0 bridgehead atoms. The predicted molar refractivity (Wildman–Crippen MR) is 56.4 cm³/mol. The third-order valence-electron chi connectivity index (χ3n) is 1.85. The summed E-state index contributed by atoms with van der Waals surface area (Å²) in [5.74, 6) is -1.05. The van der Waals surface area contributed by atoms with Gasteiger partial charge in [0.15, 0.2) is 5.13 Å². The first-order valence-electron chi connectivity index (χ1n) is 3.71. The van der Waals surface area contributed by atoms with E-state index in [0.717, 1.165) is 11.3 Å². The van der Waals surface area contributed by atoms with Crippen LogP contribution in [0.2, 0.25) is 0 Å². The molecule has 1 aromatic heterocycles. The summed E-state index contributed by atoms with van der Waals surface area (Å²) in [5.41, 5.74) is 0.120. The molecule has 0 spiro atoms. The highest BCUT2D eigenvalue weighted by atomic mass is 79.9. The average molecular weight is 275 g/mol. The molecule has 0 aliphatic heterocycles. The zero-order chi connectivity index (χ0) is 10.3. The molecule has 0 aliphatic rings. The summed E-state index contributed by atoms with van der Waals surface area (Å²) in [4.78, 5) is 10.8. The number of hydrogen-bond donors (Lipinski definition) is 1. The van der Waals surface area contributed by atoms with E-state index in [1.54, 1.807) is 12.1 Å². The summed E-state index contributed by atoms with van der Waals surface area (Å²) < 4.78 is 14.0. The highest BCUT2D eigenvalue weighted by Crippen LogP contribution is 2.36. The van der Waals surface area contributed by atoms with Crippen LogP contribution in [0.15, 0.2) is 22.7 Å². The number of thiophene rings is 1. The van der Waals surface area contributed by atoms with Crippen molar-refractivity contribution in [1.29, 1.82) is 0 Å². The summed E-state index contributed by atoms with van der Waals surface area (Å²) in [6.07, 6.45) is 0. The van der Waals surface area contributed by atoms with E-state index >= 15 is 0 Å². The van der Waals surface area contributed by atoms with Gasteiger partial charge in [-0.05, 0) is 28.1 Å². The summed E-state index contributed by atoms with van der Waals surface area (Å²) in [6, 6.07) is 4.76. The molecule has 0 saturated carbocycles. The Balaban J connectivity index is 2.91. The van der Waals surface area contributed by atoms with Gasteiger partial charge in [-0.3, -0.25) is 0 Å². The molecule has 0 fully saturated rings. The molecule has 0 aliphatic carbocycles. The molecule has 14 heavy (non-hydrogen) atoms. The fraction of sp³-hybridized carbons (Fsp3) is 0. The highest BCUT2D eigenvalue weighted by Gasteiger charge is 2.16. The molecule has 0 saturated heterocycles. The molecule has 0 amide bonds. The number of hydrogen-bond acceptors (Lipinski definition) is 2. The van der Waals surface area contributed by atoms with Gasteiger partial charge < -0.3 is 5.11 Å². The second-order valence-electron chi connectivity index (χ2n) is 2.67. The lowest BCUT2D eigenvalue weighted by Crippen LogP contribution is -1.96. The van der Waals surface area contributed by atoms with Crippen molar-refractivity contribution in [2.45, 2.75) is 0 Å². The van der Waals surface area contributed by atoms with Crippen LogP contribution in [0.25, 0.3) is 10.1 Å². The lowest BCUT2D eigenvalue weighted by atomic mass is 10.1. The first-order chi connectivity index (χ1) is 6.61. The normalized spacial score (nSPS) is 10.7. The predicted octanol–water partition coefficient (Wildman–Crippen LogP) is 3.50. The minimum absolute atomic E-state index is 0.120. The molecule has 1 N–H and O–H groups in total. The van der Waals surface area contributed by atoms with Gasteiger partial charge in [0.25, 0.3) is 0 Å². The van der Waals surface area contributed by atoms with Crippen molar-refractivity contribution >= 4 is 43.3 Å². The van der Waals surface area contributed by atoms with Crippen molar-refractivity contribution in [2.75, 3.05) is 0 Å². The molecule has 5 heteroatoms. The standard InChI is InChI=1S/C9H4BrFO2S/c10-7-6-4(9(12)13)2-1-3-5(6)14-8(7)11/h1-3H,(H,12,13). The van der Waals surface area contributed by atoms with E-state index < -0.39 is 11.1 Å². The van der Waals surface area contributed by atoms with Crippen LogP contribution in [0.5, 0.6) is 0 Å². The Bertz CT molecular complexity index is 521. The van der Waals surface area contributed by atoms with Gasteiger partial charge in [-0.1, -0.05) is 6.07 Å². The molecular formula is C9H4BrFO2S. The van der Waals surface area contributed by atoms with E-state index in [2.05, 4.69) is 15.9 Å². The Morgan fingerprint density at radius 3 is 2.86 bits per heavy atom. The molecular weight excluding hydrogens is 271 g/mol. The molecule has 0 atom stereocenters. The van der Waals surface area contributed by atoms with Gasteiger partial charge in [0.05, 0.1) is 10.0 Å². The Morgan fingerprint density at radius 2 is 2.21 bits per heavy atom. The number of carboxylic acid groups (broad SMARTS) is 1. The van der Waals surface area contributed by atoms with Crippen LogP contribution in [0.1, 0.15) is 10.4 Å². The number of fused-ring (bicyclic) bond motifs is 1. The van der Waals surface area contributed by atoms with Gasteiger partial charge in [-0.2, -0.15) is 4.39 Å². The minimum atomic E-state index is -1.05. The van der Waals surface area contributed by atoms with Crippen molar-refractivity contribution in [1.82, 2.24) is 0 Å². The maximum Gasteiger partial charge on any atom is 0.336 e.